The van der Waals surface area contributed by atoms with Gasteiger partial charge < -0.3 is 20.3 Å². The van der Waals surface area contributed by atoms with E-state index in [0.29, 0.717) is 6.54 Å². The first-order valence-corrected chi connectivity index (χ1v) is 8.34. The van der Waals surface area contributed by atoms with E-state index in [4.69, 9.17) is 4.74 Å². The predicted molar refractivity (Wildman–Crippen MR) is 96.5 cm³/mol. The van der Waals surface area contributed by atoms with Crippen molar-refractivity contribution in [2.45, 2.75) is 13.5 Å². The number of ether oxygens (including phenoxy) is 1. The Bertz CT molecular complexity index is 728. The fraction of sp³-hybridized carbons (Fsp3) is 0.316. The maximum atomic E-state index is 13.7. The van der Waals surface area contributed by atoms with E-state index in [1.807, 2.05) is 31.2 Å². The highest BCUT2D eigenvalue weighted by atomic mass is 19.1. The van der Waals surface area contributed by atoms with Gasteiger partial charge in [0.15, 0.2) is 0 Å². The van der Waals surface area contributed by atoms with Gasteiger partial charge in [0.2, 0.25) is 0 Å². The first-order valence-electron chi connectivity index (χ1n) is 8.34. The average Bonchev–Trinajstić information content (AvgIpc) is 2.64. The molecule has 1 aliphatic heterocycles. The minimum atomic E-state index is -0.449. The maximum absolute atomic E-state index is 13.7. The molecule has 6 heteroatoms. The molecule has 2 aromatic carbocycles. The Morgan fingerprint density at radius 1 is 1.16 bits per heavy atom. The summed E-state index contributed by atoms with van der Waals surface area (Å²) in [5.41, 5.74) is 3.20. The van der Waals surface area contributed by atoms with Crippen LogP contribution in [0.25, 0.3) is 0 Å². The molecule has 2 amide bonds. The number of anilines is 2. The number of rotatable bonds is 4. The molecule has 0 spiro atoms. The largest absolute Gasteiger partial charge is 0.378 e. The van der Waals surface area contributed by atoms with Crippen molar-refractivity contribution in [1.29, 1.82) is 0 Å². The number of nitrogens with zero attached hydrogens (tertiary/aromatic N) is 1. The monoisotopic (exact) mass is 343 g/mol. The van der Waals surface area contributed by atoms with Gasteiger partial charge in [-0.25, -0.2) is 9.18 Å². The number of urea groups is 1. The summed E-state index contributed by atoms with van der Waals surface area (Å²) in [6.45, 7) is 5.50. The van der Waals surface area contributed by atoms with Gasteiger partial charge in [-0.2, -0.15) is 0 Å². The van der Waals surface area contributed by atoms with Crippen LogP contribution in [0.4, 0.5) is 20.6 Å². The summed E-state index contributed by atoms with van der Waals surface area (Å²) in [6.07, 6.45) is 0. The van der Waals surface area contributed by atoms with E-state index in [9.17, 15) is 9.18 Å². The Kier molecular flexibility index (Phi) is 5.50. The average molecular weight is 343 g/mol. The summed E-state index contributed by atoms with van der Waals surface area (Å²) in [6, 6.07) is 12.2. The Morgan fingerprint density at radius 3 is 2.60 bits per heavy atom. The zero-order chi connectivity index (χ0) is 17.6. The first kappa shape index (κ1) is 17.2. The summed E-state index contributed by atoms with van der Waals surface area (Å²) >= 11 is 0. The molecule has 1 fully saturated rings. The second-order valence-electron chi connectivity index (χ2n) is 6.06. The van der Waals surface area contributed by atoms with Crippen molar-refractivity contribution >= 4 is 17.4 Å². The molecule has 0 radical (unpaired) electrons. The lowest BCUT2D eigenvalue weighted by Gasteiger charge is -2.28. The van der Waals surface area contributed by atoms with Crippen molar-refractivity contribution in [3.63, 3.8) is 0 Å². The normalized spacial score (nSPS) is 14.2. The van der Waals surface area contributed by atoms with E-state index >= 15 is 0 Å². The number of aryl methyl sites for hydroxylation is 1. The summed E-state index contributed by atoms with van der Waals surface area (Å²) in [4.78, 5) is 14.2. The number of hydrogen-bond donors (Lipinski definition) is 2. The summed E-state index contributed by atoms with van der Waals surface area (Å²) in [5.74, 6) is -0.449. The van der Waals surface area contributed by atoms with Gasteiger partial charge in [-0.05, 0) is 42.3 Å². The standard InChI is InChI=1S/C19H22FN3O2/c1-14-2-7-17(20)18(12-14)22-19(24)21-13-15-3-5-16(6-4-15)23-8-10-25-11-9-23/h2-7,12H,8-11,13H2,1H3,(H2,21,22,24). The van der Waals surface area contributed by atoms with Gasteiger partial charge in [-0.1, -0.05) is 18.2 Å². The number of amides is 2. The number of hydrogen-bond acceptors (Lipinski definition) is 3. The van der Waals surface area contributed by atoms with E-state index in [2.05, 4.69) is 15.5 Å². The van der Waals surface area contributed by atoms with Crippen LogP contribution in [0.2, 0.25) is 0 Å². The van der Waals surface area contributed by atoms with Gasteiger partial charge in [-0.3, -0.25) is 0 Å². The highest BCUT2D eigenvalue weighted by Crippen LogP contribution is 2.17. The molecular weight excluding hydrogens is 321 g/mol. The van der Waals surface area contributed by atoms with Crippen molar-refractivity contribution in [1.82, 2.24) is 5.32 Å². The molecule has 0 aromatic heterocycles. The van der Waals surface area contributed by atoms with Crippen molar-refractivity contribution in [3.8, 4) is 0 Å². The van der Waals surface area contributed by atoms with Crippen LogP contribution in [0.1, 0.15) is 11.1 Å². The fourth-order valence-corrected chi connectivity index (χ4v) is 2.73. The van der Waals surface area contributed by atoms with Gasteiger partial charge in [0.1, 0.15) is 5.82 Å². The van der Waals surface area contributed by atoms with Gasteiger partial charge in [0.05, 0.1) is 18.9 Å². The van der Waals surface area contributed by atoms with E-state index < -0.39 is 11.8 Å². The molecule has 3 rings (SSSR count). The molecule has 2 aromatic rings. The number of morpholine rings is 1. The summed E-state index contributed by atoms with van der Waals surface area (Å²) in [7, 11) is 0. The van der Waals surface area contributed by atoms with Gasteiger partial charge in [0.25, 0.3) is 0 Å². The minimum absolute atomic E-state index is 0.181. The third-order valence-corrected chi connectivity index (χ3v) is 4.14. The molecule has 25 heavy (non-hydrogen) atoms. The zero-order valence-electron chi connectivity index (χ0n) is 14.2. The fourth-order valence-electron chi connectivity index (χ4n) is 2.73. The van der Waals surface area contributed by atoms with E-state index in [1.165, 1.54) is 6.07 Å². The van der Waals surface area contributed by atoms with E-state index in [0.717, 1.165) is 43.1 Å². The predicted octanol–water partition coefficient (Wildman–Crippen LogP) is 3.29. The van der Waals surface area contributed by atoms with Crippen LogP contribution in [0.15, 0.2) is 42.5 Å². The van der Waals surface area contributed by atoms with Crippen molar-refractivity contribution < 1.29 is 13.9 Å². The highest BCUT2D eigenvalue weighted by molar-refractivity contribution is 5.89. The van der Waals surface area contributed by atoms with Gasteiger partial charge in [-0.15, -0.1) is 0 Å². The molecule has 2 N–H and O–H groups in total. The lowest BCUT2D eigenvalue weighted by molar-refractivity contribution is 0.122. The third kappa shape index (κ3) is 4.70. The molecule has 1 aliphatic rings. The quantitative estimate of drug-likeness (QED) is 0.896. The van der Waals surface area contributed by atoms with Crippen LogP contribution in [0, 0.1) is 12.7 Å². The van der Waals surface area contributed by atoms with Crippen molar-refractivity contribution in [3.05, 3.63) is 59.4 Å². The molecule has 132 valence electrons. The van der Waals surface area contributed by atoms with Crippen molar-refractivity contribution in [2.24, 2.45) is 0 Å². The second kappa shape index (κ2) is 7.98. The Hall–Kier alpha value is -2.60. The van der Waals surface area contributed by atoms with Crippen LogP contribution in [0.3, 0.4) is 0 Å². The number of carbonyl (C=O) groups excluding carboxylic acids is 1. The van der Waals surface area contributed by atoms with E-state index in [1.54, 1.807) is 12.1 Å². The van der Waals surface area contributed by atoms with Crippen LogP contribution in [-0.2, 0) is 11.3 Å². The Morgan fingerprint density at radius 2 is 1.88 bits per heavy atom. The number of nitrogens with one attached hydrogen (secondary N) is 2. The Balaban J connectivity index is 1.52. The molecule has 1 heterocycles. The van der Waals surface area contributed by atoms with Gasteiger partial charge in [0, 0.05) is 25.3 Å². The molecule has 5 nitrogen and oxygen atoms in total. The first-order chi connectivity index (χ1) is 12.1. The van der Waals surface area contributed by atoms with Crippen molar-refractivity contribution in [2.75, 3.05) is 36.5 Å². The lowest BCUT2D eigenvalue weighted by Crippen LogP contribution is -2.36. The number of benzene rings is 2. The van der Waals surface area contributed by atoms with Crippen LogP contribution >= 0.6 is 0 Å². The summed E-state index contributed by atoms with van der Waals surface area (Å²) < 4.78 is 19.0. The molecular formula is C19H22FN3O2. The molecule has 0 unspecified atom stereocenters. The number of halogens is 1. The topological polar surface area (TPSA) is 53.6 Å². The molecule has 0 bridgehead atoms. The maximum Gasteiger partial charge on any atom is 0.319 e. The van der Waals surface area contributed by atoms with Crippen LogP contribution in [0.5, 0.6) is 0 Å². The number of carbonyl (C=O) groups is 1. The van der Waals surface area contributed by atoms with E-state index in [-0.39, 0.29) is 5.69 Å². The third-order valence-electron chi connectivity index (χ3n) is 4.14. The molecule has 1 saturated heterocycles. The van der Waals surface area contributed by atoms with Gasteiger partial charge >= 0.3 is 6.03 Å². The molecule has 0 aliphatic carbocycles. The molecule has 0 atom stereocenters. The lowest BCUT2D eigenvalue weighted by atomic mass is 10.2. The molecule has 0 saturated carbocycles. The zero-order valence-corrected chi connectivity index (χ0v) is 14.2. The SMILES string of the molecule is Cc1ccc(F)c(NC(=O)NCc2ccc(N3CCOCC3)cc2)c1. The van der Waals surface area contributed by atoms with Crippen LogP contribution in [-0.4, -0.2) is 32.3 Å². The second-order valence-corrected chi connectivity index (χ2v) is 6.06. The highest BCUT2D eigenvalue weighted by Gasteiger charge is 2.11. The Labute approximate surface area is 146 Å². The minimum Gasteiger partial charge on any atom is -0.378 e. The summed E-state index contributed by atoms with van der Waals surface area (Å²) in [5, 5.41) is 5.28. The van der Waals surface area contributed by atoms with Crippen LogP contribution < -0.4 is 15.5 Å². The smallest absolute Gasteiger partial charge is 0.319 e.